The van der Waals surface area contributed by atoms with Gasteiger partial charge in [0.05, 0.1) is 16.9 Å². The van der Waals surface area contributed by atoms with Crippen molar-refractivity contribution >= 4 is 27.8 Å². The van der Waals surface area contributed by atoms with Gasteiger partial charge in [0.1, 0.15) is 0 Å². The molecule has 1 N–H and O–H groups in total. The van der Waals surface area contributed by atoms with Gasteiger partial charge in [-0.25, -0.2) is 4.68 Å². The number of benzene rings is 2. The van der Waals surface area contributed by atoms with Crippen molar-refractivity contribution in [3.05, 3.63) is 80.2 Å². The van der Waals surface area contributed by atoms with Gasteiger partial charge in [0.15, 0.2) is 0 Å². The van der Waals surface area contributed by atoms with Gasteiger partial charge in [0.2, 0.25) is 0 Å². The molecule has 116 valence electrons. The highest BCUT2D eigenvalue weighted by Gasteiger charge is 2.10. The molecule has 0 unspecified atom stereocenters. The molecule has 0 saturated heterocycles. The molecule has 3 rings (SSSR count). The zero-order valence-electron chi connectivity index (χ0n) is 12.9. The third-order valence-corrected chi connectivity index (χ3v) is 4.05. The molecule has 0 saturated carbocycles. The SMILES string of the molecule is Cc1ccc(-n2[nH]c(C)c(C=Nc3cccc(Br)c3)c2=O)cc1. The minimum Gasteiger partial charge on any atom is -0.295 e. The normalized spacial score (nSPS) is 11.3. The highest BCUT2D eigenvalue weighted by atomic mass is 79.9. The Morgan fingerprint density at radius 2 is 1.87 bits per heavy atom. The van der Waals surface area contributed by atoms with Crippen LogP contribution in [0.15, 0.2) is 62.8 Å². The van der Waals surface area contributed by atoms with E-state index in [1.807, 2.05) is 62.4 Å². The van der Waals surface area contributed by atoms with Crippen LogP contribution in [0, 0.1) is 13.8 Å². The molecule has 0 bridgehead atoms. The summed E-state index contributed by atoms with van der Waals surface area (Å²) in [5.41, 5.74) is 4.00. The summed E-state index contributed by atoms with van der Waals surface area (Å²) >= 11 is 3.41. The fourth-order valence-electron chi connectivity index (χ4n) is 2.28. The van der Waals surface area contributed by atoms with E-state index in [0.717, 1.165) is 27.1 Å². The Labute approximate surface area is 142 Å². The Morgan fingerprint density at radius 3 is 2.57 bits per heavy atom. The van der Waals surface area contributed by atoms with E-state index in [2.05, 4.69) is 26.0 Å². The maximum absolute atomic E-state index is 12.6. The number of nitrogens with zero attached hydrogens (tertiary/aromatic N) is 2. The number of aliphatic imine (C=N–C) groups is 1. The fraction of sp³-hybridized carbons (Fsp3) is 0.111. The monoisotopic (exact) mass is 369 g/mol. The summed E-state index contributed by atoms with van der Waals surface area (Å²) in [5.74, 6) is 0. The average molecular weight is 370 g/mol. The summed E-state index contributed by atoms with van der Waals surface area (Å²) in [6.45, 7) is 3.89. The van der Waals surface area contributed by atoms with Crippen LogP contribution in [0.3, 0.4) is 0 Å². The van der Waals surface area contributed by atoms with Crippen LogP contribution in [0.2, 0.25) is 0 Å². The molecule has 0 amide bonds. The van der Waals surface area contributed by atoms with Gasteiger partial charge in [-0.2, -0.15) is 0 Å². The van der Waals surface area contributed by atoms with Crippen molar-refractivity contribution in [1.29, 1.82) is 0 Å². The second-order valence-electron chi connectivity index (χ2n) is 5.36. The first kappa shape index (κ1) is 15.5. The Balaban J connectivity index is 1.98. The first-order valence-corrected chi connectivity index (χ1v) is 8.02. The lowest BCUT2D eigenvalue weighted by Gasteiger charge is -2.01. The maximum atomic E-state index is 12.6. The number of H-pyrrole nitrogens is 1. The van der Waals surface area contributed by atoms with Crippen LogP contribution in [-0.2, 0) is 0 Å². The Hall–Kier alpha value is -2.40. The van der Waals surface area contributed by atoms with Gasteiger partial charge in [-0.05, 0) is 44.2 Å². The van der Waals surface area contributed by atoms with Gasteiger partial charge in [-0.15, -0.1) is 0 Å². The van der Waals surface area contributed by atoms with Crippen molar-refractivity contribution < 1.29 is 0 Å². The highest BCUT2D eigenvalue weighted by Crippen LogP contribution is 2.18. The van der Waals surface area contributed by atoms with Crippen LogP contribution in [0.25, 0.3) is 5.69 Å². The molecule has 23 heavy (non-hydrogen) atoms. The van der Waals surface area contributed by atoms with Crippen molar-refractivity contribution in [3.8, 4) is 5.69 Å². The third-order valence-electron chi connectivity index (χ3n) is 3.56. The number of hydrogen-bond acceptors (Lipinski definition) is 2. The Kier molecular flexibility index (Phi) is 4.30. The molecule has 2 aromatic carbocycles. The fourth-order valence-corrected chi connectivity index (χ4v) is 2.67. The molecule has 0 spiro atoms. The van der Waals surface area contributed by atoms with Gasteiger partial charge >= 0.3 is 0 Å². The quantitative estimate of drug-likeness (QED) is 0.687. The van der Waals surface area contributed by atoms with Gasteiger partial charge in [0.25, 0.3) is 5.56 Å². The van der Waals surface area contributed by atoms with Crippen LogP contribution in [0.4, 0.5) is 5.69 Å². The lowest BCUT2D eigenvalue weighted by molar-refractivity contribution is 0.835. The van der Waals surface area contributed by atoms with E-state index in [0.29, 0.717) is 5.56 Å². The Bertz CT molecular complexity index is 920. The van der Waals surface area contributed by atoms with Crippen molar-refractivity contribution in [2.45, 2.75) is 13.8 Å². The van der Waals surface area contributed by atoms with E-state index < -0.39 is 0 Å². The predicted octanol–water partition coefficient (Wildman–Crippen LogP) is 4.30. The number of nitrogens with one attached hydrogen (secondary N) is 1. The lowest BCUT2D eigenvalue weighted by atomic mass is 10.2. The number of aryl methyl sites for hydroxylation is 2. The molecule has 0 aliphatic heterocycles. The molecule has 0 aliphatic carbocycles. The van der Waals surface area contributed by atoms with Crippen LogP contribution >= 0.6 is 15.9 Å². The molecular weight excluding hydrogens is 354 g/mol. The highest BCUT2D eigenvalue weighted by molar-refractivity contribution is 9.10. The van der Waals surface area contributed by atoms with Crippen molar-refractivity contribution in [2.75, 3.05) is 0 Å². The summed E-state index contributed by atoms with van der Waals surface area (Å²) in [6.07, 6.45) is 1.61. The van der Waals surface area contributed by atoms with Crippen molar-refractivity contribution in [1.82, 2.24) is 9.78 Å². The van der Waals surface area contributed by atoms with Gasteiger partial charge in [0, 0.05) is 16.4 Å². The maximum Gasteiger partial charge on any atom is 0.280 e. The summed E-state index contributed by atoms with van der Waals surface area (Å²) in [4.78, 5) is 17.0. The summed E-state index contributed by atoms with van der Waals surface area (Å²) < 4.78 is 2.49. The lowest BCUT2D eigenvalue weighted by Crippen LogP contribution is -2.17. The van der Waals surface area contributed by atoms with E-state index in [1.54, 1.807) is 6.21 Å². The smallest absolute Gasteiger partial charge is 0.280 e. The minimum absolute atomic E-state index is 0.106. The Morgan fingerprint density at radius 1 is 1.13 bits per heavy atom. The first-order chi connectivity index (χ1) is 11.0. The van der Waals surface area contributed by atoms with E-state index in [1.165, 1.54) is 4.68 Å². The zero-order chi connectivity index (χ0) is 16.4. The second-order valence-corrected chi connectivity index (χ2v) is 6.28. The standard InChI is InChI=1S/C18H16BrN3O/c1-12-6-8-16(9-7-12)22-18(23)17(13(2)21-22)11-20-15-5-3-4-14(19)10-15/h3-11,21H,1-2H3. The average Bonchev–Trinajstić information content (AvgIpc) is 2.81. The number of rotatable bonds is 3. The molecule has 4 nitrogen and oxygen atoms in total. The van der Waals surface area contributed by atoms with E-state index in [4.69, 9.17) is 0 Å². The molecule has 0 aliphatic rings. The van der Waals surface area contributed by atoms with Crippen LogP contribution in [0.1, 0.15) is 16.8 Å². The van der Waals surface area contributed by atoms with E-state index in [-0.39, 0.29) is 5.56 Å². The van der Waals surface area contributed by atoms with E-state index >= 15 is 0 Å². The molecule has 0 radical (unpaired) electrons. The number of aromatic amines is 1. The largest absolute Gasteiger partial charge is 0.295 e. The molecule has 1 heterocycles. The third kappa shape index (κ3) is 3.35. The number of halogens is 1. The van der Waals surface area contributed by atoms with Crippen molar-refractivity contribution in [3.63, 3.8) is 0 Å². The summed E-state index contributed by atoms with van der Waals surface area (Å²) in [5, 5.41) is 3.10. The number of hydrogen-bond donors (Lipinski definition) is 1. The molecule has 0 atom stereocenters. The molecule has 1 aromatic heterocycles. The first-order valence-electron chi connectivity index (χ1n) is 7.23. The molecular formula is C18H16BrN3O. The van der Waals surface area contributed by atoms with Gasteiger partial charge in [-0.3, -0.25) is 14.9 Å². The van der Waals surface area contributed by atoms with Crippen LogP contribution < -0.4 is 5.56 Å². The van der Waals surface area contributed by atoms with Gasteiger partial charge < -0.3 is 0 Å². The van der Waals surface area contributed by atoms with Crippen LogP contribution in [0.5, 0.6) is 0 Å². The molecule has 3 aromatic rings. The summed E-state index contributed by atoms with van der Waals surface area (Å²) in [6, 6.07) is 15.4. The summed E-state index contributed by atoms with van der Waals surface area (Å²) in [7, 11) is 0. The van der Waals surface area contributed by atoms with Gasteiger partial charge in [-0.1, -0.05) is 39.7 Å². The second kappa shape index (κ2) is 6.38. The van der Waals surface area contributed by atoms with E-state index in [9.17, 15) is 4.79 Å². The molecule has 0 fully saturated rings. The minimum atomic E-state index is -0.106. The zero-order valence-corrected chi connectivity index (χ0v) is 14.5. The van der Waals surface area contributed by atoms with Crippen molar-refractivity contribution in [2.24, 2.45) is 4.99 Å². The molecule has 5 heteroatoms. The topological polar surface area (TPSA) is 50.1 Å². The predicted molar refractivity (Wildman–Crippen MR) is 97.3 cm³/mol. The number of aromatic nitrogens is 2. The van der Waals surface area contributed by atoms with Crippen LogP contribution in [-0.4, -0.2) is 16.0 Å².